The van der Waals surface area contributed by atoms with Gasteiger partial charge in [0.15, 0.2) is 5.69 Å². The molecule has 6 nitrogen and oxygen atoms in total. The highest BCUT2D eigenvalue weighted by Crippen LogP contribution is 2.27. The van der Waals surface area contributed by atoms with E-state index in [2.05, 4.69) is 15.5 Å². The van der Waals surface area contributed by atoms with Crippen LogP contribution in [-0.2, 0) is 0 Å². The number of nitrogens with zero attached hydrogens (tertiary/aromatic N) is 3. The van der Waals surface area contributed by atoms with Crippen LogP contribution in [0.25, 0.3) is 0 Å². The van der Waals surface area contributed by atoms with Crippen molar-refractivity contribution in [2.24, 2.45) is 0 Å². The quantitative estimate of drug-likeness (QED) is 0.825. The van der Waals surface area contributed by atoms with Crippen LogP contribution in [0.3, 0.4) is 0 Å². The lowest BCUT2D eigenvalue weighted by molar-refractivity contribution is 0.0380. The second-order valence-electron chi connectivity index (χ2n) is 6.00. The average Bonchev–Trinajstić information content (AvgIpc) is 2.70. The molecule has 21 heavy (non-hydrogen) atoms. The Morgan fingerprint density at radius 2 is 1.90 bits per heavy atom. The number of rotatable bonds is 4. The highest BCUT2D eigenvalue weighted by molar-refractivity contribution is 5.91. The first-order valence-corrected chi connectivity index (χ1v) is 7.52. The molecule has 0 aromatic carbocycles. The smallest absolute Gasteiger partial charge is 0.273 e. The first kappa shape index (κ1) is 15.7. The van der Waals surface area contributed by atoms with Crippen LogP contribution in [0.1, 0.15) is 49.0 Å². The summed E-state index contributed by atoms with van der Waals surface area (Å²) >= 11 is 0. The highest BCUT2D eigenvalue weighted by atomic mass is 16.3. The van der Waals surface area contributed by atoms with Crippen molar-refractivity contribution >= 4 is 11.7 Å². The molecule has 0 spiro atoms. The van der Waals surface area contributed by atoms with Gasteiger partial charge in [-0.15, -0.1) is 10.2 Å². The van der Waals surface area contributed by atoms with E-state index in [9.17, 15) is 9.90 Å². The topological polar surface area (TPSA) is 78.4 Å². The van der Waals surface area contributed by atoms with Gasteiger partial charge in [-0.1, -0.05) is 25.7 Å². The van der Waals surface area contributed by atoms with Crippen LogP contribution >= 0.6 is 0 Å². The van der Waals surface area contributed by atoms with E-state index < -0.39 is 5.60 Å². The van der Waals surface area contributed by atoms with Gasteiger partial charge in [0.25, 0.3) is 5.91 Å². The Kier molecular flexibility index (Phi) is 5.12. The number of nitrogens with one attached hydrogen (secondary N) is 1. The summed E-state index contributed by atoms with van der Waals surface area (Å²) in [5, 5.41) is 21.6. The second kappa shape index (κ2) is 6.85. The lowest BCUT2D eigenvalue weighted by atomic mass is 9.94. The van der Waals surface area contributed by atoms with Crippen molar-refractivity contribution in [2.45, 2.75) is 44.1 Å². The largest absolute Gasteiger partial charge is 0.388 e. The van der Waals surface area contributed by atoms with Crippen molar-refractivity contribution in [1.82, 2.24) is 15.1 Å². The molecule has 1 aliphatic rings. The van der Waals surface area contributed by atoms with Crippen molar-refractivity contribution in [3.8, 4) is 0 Å². The summed E-state index contributed by atoms with van der Waals surface area (Å²) in [4.78, 5) is 13.2. The zero-order chi connectivity index (χ0) is 15.3. The second-order valence-corrected chi connectivity index (χ2v) is 6.00. The van der Waals surface area contributed by atoms with Crippen LogP contribution in [0, 0.1) is 0 Å². The number of amides is 1. The molecule has 2 rings (SSSR count). The number of aliphatic hydroxyl groups is 1. The minimum atomic E-state index is -0.656. The van der Waals surface area contributed by atoms with Crippen molar-refractivity contribution in [2.75, 3.05) is 26.0 Å². The Morgan fingerprint density at radius 3 is 2.43 bits per heavy atom. The zero-order valence-corrected chi connectivity index (χ0v) is 12.8. The molecule has 1 aliphatic carbocycles. The van der Waals surface area contributed by atoms with Gasteiger partial charge in [0.1, 0.15) is 5.82 Å². The summed E-state index contributed by atoms with van der Waals surface area (Å²) in [6, 6.07) is 3.37. The van der Waals surface area contributed by atoms with Gasteiger partial charge < -0.3 is 15.3 Å². The van der Waals surface area contributed by atoms with E-state index in [1.165, 1.54) is 17.7 Å². The molecule has 6 heteroatoms. The van der Waals surface area contributed by atoms with Crippen LogP contribution in [0.15, 0.2) is 12.1 Å². The van der Waals surface area contributed by atoms with Gasteiger partial charge in [-0.3, -0.25) is 4.79 Å². The van der Waals surface area contributed by atoms with Gasteiger partial charge in [0.05, 0.1) is 5.60 Å². The van der Waals surface area contributed by atoms with Crippen LogP contribution in [0.5, 0.6) is 0 Å². The van der Waals surface area contributed by atoms with E-state index in [0.29, 0.717) is 18.1 Å². The molecule has 0 radical (unpaired) electrons. The molecular weight excluding hydrogens is 268 g/mol. The van der Waals surface area contributed by atoms with Gasteiger partial charge in [0.2, 0.25) is 0 Å². The molecule has 2 N–H and O–H groups in total. The lowest BCUT2D eigenvalue weighted by Crippen LogP contribution is -2.36. The van der Waals surface area contributed by atoms with Crippen LogP contribution < -0.4 is 5.32 Å². The standard InChI is InChI=1S/C15H24N4O2/c1-19(2)14(20)12-7-8-13(18-17-12)16-11-15(21)9-5-3-4-6-10-15/h7-8,21H,3-6,9-11H2,1-2H3,(H,16,18). The number of carbonyl (C=O) groups is 1. The van der Waals surface area contributed by atoms with E-state index in [1.54, 1.807) is 26.2 Å². The summed E-state index contributed by atoms with van der Waals surface area (Å²) < 4.78 is 0. The summed E-state index contributed by atoms with van der Waals surface area (Å²) in [5.41, 5.74) is -0.338. The molecule has 0 unspecified atom stereocenters. The summed E-state index contributed by atoms with van der Waals surface area (Å²) in [6.45, 7) is 0.475. The van der Waals surface area contributed by atoms with E-state index in [1.807, 2.05) is 0 Å². The van der Waals surface area contributed by atoms with Gasteiger partial charge >= 0.3 is 0 Å². The third-order valence-electron chi connectivity index (χ3n) is 3.92. The molecular formula is C15H24N4O2. The lowest BCUT2D eigenvalue weighted by Gasteiger charge is -2.26. The third kappa shape index (κ3) is 4.39. The SMILES string of the molecule is CN(C)C(=O)c1ccc(NCC2(O)CCCCCC2)nn1. The fraction of sp³-hybridized carbons (Fsp3) is 0.667. The van der Waals surface area contributed by atoms with Crippen LogP contribution in [0.2, 0.25) is 0 Å². The van der Waals surface area contributed by atoms with Crippen molar-refractivity contribution in [3.05, 3.63) is 17.8 Å². The molecule has 1 saturated carbocycles. The van der Waals surface area contributed by atoms with Crippen LogP contribution in [-0.4, -0.2) is 52.4 Å². The molecule has 1 amide bonds. The molecule has 0 aliphatic heterocycles. The first-order valence-electron chi connectivity index (χ1n) is 7.52. The molecule has 1 heterocycles. The molecule has 1 aromatic rings. The molecule has 0 bridgehead atoms. The zero-order valence-electron chi connectivity index (χ0n) is 12.8. The van der Waals surface area contributed by atoms with Crippen molar-refractivity contribution in [3.63, 3.8) is 0 Å². The minimum absolute atomic E-state index is 0.170. The van der Waals surface area contributed by atoms with Gasteiger partial charge in [-0.2, -0.15) is 0 Å². The fourth-order valence-electron chi connectivity index (χ4n) is 2.59. The summed E-state index contributed by atoms with van der Waals surface area (Å²) in [6.07, 6.45) is 6.18. The number of hydrogen-bond donors (Lipinski definition) is 2. The Hall–Kier alpha value is -1.69. The van der Waals surface area contributed by atoms with E-state index >= 15 is 0 Å². The van der Waals surface area contributed by atoms with E-state index in [4.69, 9.17) is 0 Å². The summed E-state index contributed by atoms with van der Waals surface area (Å²) in [7, 11) is 3.36. The van der Waals surface area contributed by atoms with E-state index in [0.717, 1.165) is 25.7 Å². The Balaban J connectivity index is 1.92. The monoisotopic (exact) mass is 292 g/mol. The predicted octanol–water partition coefficient (Wildman–Crippen LogP) is 1.68. The molecule has 1 fully saturated rings. The van der Waals surface area contributed by atoms with Gasteiger partial charge in [-0.05, 0) is 25.0 Å². The molecule has 0 saturated heterocycles. The Labute approximate surface area is 125 Å². The normalized spacial score (nSPS) is 17.9. The van der Waals surface area contributed by atoms with Crippen molar-refractivity contribution < 1.29 is 9.90 Å². The molecule has 116 valence electrons. The fourth-order valence-corrected chi connectivity index (χ4v) is 2.59. The maximum Gasteiger partial charge on any atom is 0.273 e. The third-order valence-corrected chi connectivity index (χ3v) is 3.92. The van der Waals surface area contributed by atoms with Crippen molar-refractivity contribution in [1.29, 1.82) is 0 Å². The van der Waals surface area contributed by atoms with Gasteiger partial charge in [-0.25, -0.2) is 0 Å². The maximum absolute atomic E-state index is 11.7. The minimum Gasteiger partial charge on any atom is -0.388 e. The first-order chi connectivity index (χ1) is 10.0. The van der Waals surface area contributed by atoms with Crippen LogP contribution in [0.4, 0.5) is 5.82 Å². The number of hydrogen-bond acceptors (Lipinski definition) is 5. The number of anilines is 1. The Morgan fingerprint density at radius 1 is 1.24 bits per heavy atom. The maximum atomic E-state index is 11.7. The Bertz CT molecular complexity index is 465. The molecule has 0 atom stereocenters. The van der Waals surface area contributed by atoms with Gasteiger partial charge in [0, 0.05) is 20.6 Å². The predicted molar refractivity (Wildman–Crippen MR) is 81.2 cm³/mol. The number of carbonyl (C=O) groups excluding carboxylic acids is 1. The van der Waals surface area contributed by atoms with E-state index in [-0.39, 0.29) is 5.91 Å². The molecule has 1 aromatic heterocycles. The number of aromatic nitrogens is 2. The summed E-state index contributed by atoms with van der Waals surface area (Å²) in [5.74, 6) is 0.416. The highest BCUT2D eigenvalue weighted by Gasteiger charge is 2.27. The average molecular weight is 292 g/mol.